The van der Waals surface area contributed by atoms with Gasteiger partial charge < -0.3 is 0 Å². The van der Waals surface area contributed by atoms with Gasteiger partial charge in [-0.3, -0.25) is 10.1 Å². The molecule has 0 spiro atoms. The molecule has 0 heterocycles. The molecule has 0 saturated carbocycles. The number of nitrogens with zero attached hydrogens (tertiary/aromatic N) is 3. The minimum absolute atomic E-state index is 0.00775. The molecule has 0 aromatic heterocycles. The molecule has 0 amide bonds. The first-order valence-corrected chi connectivity index (χ1v) is 9.05. The number of allylic oxidation sites excluding steroid dienone is 8. The summed E-state index contributed by atoms with van der Waals surface area (Å²) in [5, 5.41) is 31.4. The number of benzene rings is 2. The van der Waals surface area contributed by atoms with E-state index in [1.54, 1.807) is 12.1 Å². The summed E-state index contributed by atoms with van der Waals surface area (Å²) in [5.74, 6) is -0.437. The van der Waals surface area contributed by atoms with Crippen molar-refractivity contribution in [3.63, 3.8) is 0 Å². The summed E-state index contributed by atoms with van der Waals surface area (Å²) in [6, 6.07) is 20.2. The molecule has 5 nitrogen and oxygen atoms in total. The van der Waals surface area contributed by atoms with Gasteiger partial charge in [-0.25, -0.2) is 0 Å². The highest BCUT2D eigenvalue weighted by molar-refractivity contribution is 6.07. The summed E-state index contributed by atoms with van der Waals surface area (Å²) < 4.78 is 0. The summed E-state index contributed by atoms with van der Waals surface area (Å²) in [5.41, 5.74) is 2.38. The van der Waals surface area contributed by atoms with Crippen LogP contribution in [0.5, 0.6) is 0 Å². The second-order valence-electron chi connectivity index (χ2n) is 6.82. The Morgan fingerprint density at radius 1 is 0.897 bits per heavy atom. The lowest BCUT2D eigenvalue weighted by molar-refractivity contribution is -0.384. The number of hydrogen-bond acceptors (Lipinski definition) is 4. The largest absolute Gasteiger partial charge is 0.269 e. The van der Waals surface area contributed by atoms with E-state index in [2.05, 4.69) is 12.1 Å². The molecule has 5 heteroatoms. The molecule has 0 aliphatic heterocycles. The van der Waals surface area contributed by atoms with E-state index in [0.29, 0.717) is 5.57 Å². The molecular formula is C24H15N3O2. The van der Waals surface area contributed by atoms with Gasteiger partial charge in [0.15, 0.2) is 5.41 Å². The molecule has 1 atom stereocenters. The van der Waals surface area contributed by atoms with Crippen LogP contribution in [-0.2, 0) is 0 Å². The van der Waals surface area contributed by atoms with E-state index in [4.69, 9.17) is 0 Å². The molecular weight excluding hydrogens is 362 g/mol. The lowest BCUT2D eigenvalue weighted by atomic mass is 9.73. The molecule has 0 N–H and O–H groups in total. The molecule has 0 saturated heterocycles. The number of nitro groups is 1. The first-order chi connectivity index (χ1) is 14.1. The second-order valence-corrected chi connectivity index (χ2v) is 6.82. The van der Waals surface area contributed by atoms with Gasteiger partial charge in [-0.05, 0) is 34.4 Å². The Hall–Kier alpha value is -4.22. The number of non-ortho nitro benzene ring substituents is 1. The van der Waals surface area contributed by atoms with Gasteiger partial charge in [0, 0.05) is 23.6 Å². The van der Waals surface area contributed by atoms with Crippen molar-refractivity contribution in [1.82, 2.24) is 0 Å². The Bertz CT molecular complexity index is 1170. The molecule has 0 bridgehead atoms. The van der Waals surface area contributed by atoms with Crippen LogP contribution in [0, 0.1) is 44.1 Å². The fourth-order valence-electron chi connectivity index (χ4n) is 4.03. The van der Waals surface area contributed by atoms with Crippen LogP contribution in [0.1, 0.15) is 11.1 Å². The normalized spacial score (nSPS) is 19.0. The number of rotatable bonds is 3. The molecule has 29 heavy (non-hydrogen) atoms. The van der Waals surface area contributed by atoms with Crippen LogP contribution in [0.25, 0.3) is 11.1 Å². The number of nitriles is 2. The van der Waals surface area contributed by atoms with Crippen LogP contribution in [-0.4, -0.2) is 4.92 Å². The Kier molecular flexibility index (Phi) is 4.43. The van der Waals surface area contributed by atoms with E-state index in [9.17, 15) is 20.6 Å². The van der Waals surface area contributed by atoms with Crippen molar-refractivity contribution < 1.29 is 4.92 Å². The van der Waals surface area contributed by atoms with E-state index in [0.717, 1.165) is 22.3 Å². The third kappa shape index (κ3) is 2.77. The molecule has 4 rings (SSSR count). The molecule has 2 aliphatic carbocycles. The summed E-state index contributed by atoms with van der Waals surface area (Å²) in [6.07, 6.45) is 9.38. The van der Waals surface area contributed by atoms with Crippen molar-refractivity contribution in [3.05, 3.63) is 112 Å². The molecule has 0 radical (unpaired) electrons. The Morgan fingerprint density at radius 2 is 1.59 bits per heavy atom. The SMILES string of the molecule is N#CC1(C#N)C(c2ccccc2)=C(c2ccc([N+](=O)[O-])cc2)C2=CC=CC=CC21. The van der Waals surface area contributed by atoms with E-state index >= 15 is 0 Å². The van der Waals surface area contributed by atoms with Crippen LogP contribution < -0.4 is 0 Å². The van der Waals surface area contributed by atoms with Crippen LogP contribution in [0.4, 0.5) is 5.69 Å². The second kappa shape index (κ2) is 7.07. The van der Waals surface area contributed by atoms with Gasteiger partial charge in [0.2, 0.25) is 0 Å². The average Bonchev–Trinajstić information content (AvgIpc) is 2.87. The van der Waals surface area contributed by atoms with Crippen LogP contribution in [0.15, 0.2) is 90.6 Å². The van der Waals surface area contributed by atoms with Crippen molar-refractivity contribution >= 4 is 16.8 Å². The zero-order chi connectivity index (χ0) is 20.4. The number of nitro benzene ring substituents is 1. The molecule has 138 valence electrons. The fraction of sp³-hybridized carbons (Fsp3) is 0.0833. The van der Waals surface area contributed by atoms with Crippen molar-refractivity contribution in [3.8, 4) is 12.1 Å². The molecule has 2 aromatic rings. The van der Waals surface area contributed by atoms with Crippen LogP contribution in [0.2, 0.25) is 0 Å². The molecule has 2 aliphatic rings. The number of fused-ring (bicyclic) bond motifs is 1. The average molecular weight is 377 g/mol. The topological polar surface area (TPSA) is 90.7 Å². The van der Waals surface area contributed by atoms with Crippen LogP contribution in [0.3, 0.4) is 0 Å². The Labute approximate surface area is 168 Å². The maximum absolute atomic E-state index is 11.1. The van der Waals surface area contributed by atoms with Crippen molar-refractivity contribution in [2.75, 3.05) is 0 Å². The van der Waals surface area contributed by atoms with Gasteiger partial charge in [-0.1, -0.05) is 60.7 Å². The highest BCUT2D eigenvalue weighted by Gasteiger charge is 2.52. The Morgan fingerprint density at radius 3 is 2.21 bits per heavy atom. The van der Waals surface area contributed by atoms with E-state index in [1.165, 1.54) is 12.1 Å². The van der Waals surface area contributed by atoms with E-state index in [1.807, 2.05) is 60.7 Å². The van der Waals surface area contributed by atoms with Crippen LogP contribution >= 0.6 is 0 Å². The number of hydrogen-bond donors (Lipinski definition) is 0. The lowest BCUT2D eigenvalue weighted by Gasteiger charge is -2.23. The fourth-order valence-corrected chi connectivity index (χ4v) is 4.03. The van der Waals surface area contributed by atoms with Gasteiger partial charge >= 0.3 is 0 Å². The third-order valence-electron chi connectivity index (χ3n) is 5.32. The monoisotopic (exact) mass is 377 g/mol. The Balaban J connectivity index is 2.07. The summed E-state index contributed by atoms with van der Waals surface area (Å²) >= 11 is 0. The lowest BCUT2D eigenvalue weighted by Crippen LogP contribution is -2.24. The quantitative estimate of drug-likeness (QED) is 0.541. The predicted octanol–water partition coefficient (Wildman–Crippen LogP) is 5.22. The minimum atomic E-state index is -1.40. The predicted molar refractivity (Wildman–Crippen MR) is 110 cm³/mol. The van der Waals surface area contributed by atoms with Crippen molar-refractivity contribution in [1.29, 1.82) is 10.5 Å². The van der Waals surface area contributed by atoms with E-state index < -0.39 is 16.3 Å². The molecule has 1 unspecified atom stereocenters. The molecule has 0 fully saturated rings. The minimum Gasteiger partial charge on any atom is -0.258 e. The van der Waals surface area contributed by atoms with Gasteiger partial charge in [0.25, 0.3) is 5.69 Å². The van der Waals surface area contributed by atoms with Crippen molar-refractivity contribution in [2.45, 2.75) is 0 Å². The maximum atomic E-state index is 11.1. The van der Waals surface area contributed by atoms with E-state index in [-0.39, 0.29) is 5.69 Å². The van der Waals surface area contributed by atoms with Gasteiger partial charge in [-0.15, -0.1) is 0 Å². The zero-order valence-electron chi connectivity index (χ0n) is 15.3. The molecule has 2 aromatic carbocycles. The first-order valence-electron chi connectivity index (χ1n) is 9.05. The van der Waals surface area contributed by atoms with Crippen molar-refractivity contribution in [2.24, 2.45) is 11.3 Å². The first kappa shape index (κ1) is 18.2. The standard InChI is InChI=1S/C24H15N3O2/c25-15-24(16-26)21-10-6-2-5-9-20(21)22(23(24)18-7-3-1-4-8-18)17-11-13-19(14-12-17)27(28)29/h1-14,21H. The highest BCUT2D eigenvalue weighted by atomic mass is 16.6. The summed E-state index contributed by atoms with van der Waals surface area (Å²) in [4.78, 5) is 10.6. The zero-order valence-corrected chi connectivity index (χ0v) is 15.3. The highest BCUT2D eigenvalue weighted by Crippen LogP contribution is 2.58. The third-order valence-corrected chi connectivity index (χ3v) is 5.32. The maximum Gasteiger partial charge on any atom is 0.269 e. The van der Waals surface area contributed by atoms with Gasteiger partial charge in [0.05, 0.1) is 17.1 Å². The summed E-state index contributed by atoms with van der Waals surface area (Å²) in [6.45, 7) is 0. The van der Waals surface area contributed by atoms with Gasteiger partial charge in [0.1, 0.15) is 0 Å². The smallest absolute Gasteiger partial charge is 0.258 e. The summed E-state index contributed by atoms with van der Waals surface area (Å²) in [7, 11) is 0. The van der Waals surface area contributed by atoms with Gasteiger partial charge in [-0.2, -0.15) is 10.5 Å².